The Balaban J connectivity index is 1.85. The minimum absolute atomic E-state index is 0.0685. The first-order valence-corrected chi connectivity index (χ1v) is 8.15. The summed E-state index contributed by atoms with van der Waals surface area (Å²) in [5, 5.41) is 5.50. The standard InChI is InChI=1S/C17H14Cl2N2O2/c18-8-16(22)20-12-1-3-14-10(6-12)5-11-7-13(2-4-15(11)14)21-17(23)9-19/h1-4,6-7H,5,8-9H2,(H,20,22)(H,21,23). The van der Waals surface area contributed by atoms with Crippen LogP contribution in [-0.4, -0.2) is 23.6 Å². The lowest BCUT2D eigenvalue weighted by atomic mass is 10.0. The van der Waals surface area contributed by atoms with E-state index in [9.17, 15) is 9.59 Å². The van der Waals surface area contributed by atoms with E-state index < -0.39 is 0 Å². The minimum Gasteiger partial charge on any atom is -0.325 e. The fraction of sp³-hybridized carbons (Fsp3) is 0.176. The molecule has 2 aromatic rings. The van der Waals surface area contributed by atoms with Crippen molar-refractivity contribution in [2.24, 2.45) is 0 Å². The van der Waals surface area contributed by atoms with Crippen molar-refractivity contribution >= 4 is 46.4 Å². The Kier molecular flexibility index (Phi) is 4.55. The average Bonchev–Trinajstić information content (AvgIpc) is 2.91. The maximum absolute atomic E-state index is 11.4. The van der Waals surface area contributed by atoms with Gasteiger partial charge in [-0.3, -0.25) is 9.59 Å². The molecule has 0 unspecified atom stereocenters. The Bertz CT molecular complexity index is 725. The number of alkyl halides is 2. The molecule has 2 aromatic carbocycles. The third kappa shape index (κ3) is 3.33. The molecule has 23 heavy (non-hydrogen) atoms. The molecule has 0 radical (unpaired) electrons. The molecule has 0 fully saturated rings. The quantitative estimate of drug-likeness (QED) is 0.707. The molecule has 6 heteroatoms. The van der Waals surface area contributed by atoms with E-state index in [1.807, 2.05) is 36.4 Å². The number of amides is 2. The van der Waals surface area contributed by atoms with Crippen LogP contribution in [0.25, 0.3) is 11.1 Å². The van der Waals surface area contributed by atoms with Gasteiger partial charge in [0.1, 0.15) is 11.8 Å². The molecule has 0 atom stereocenters. The second-order valence-corrected chi connectivity index (χ2v) is 5.82. The van der Waals surface area contributed by atoms with Crippen LogP contribution in [0.5, 0.6) is 0 Å². The Morgan fingerprint density at radius 1 is 0.826 bits per heavy atom. The summed E-state index contributed by atoms with van der Waals surface area (Å²) in [6.45, 7) is 0. The zero-order valence-corrected chi connectivity index (χ0v) is 13.7. The van der Waals surface area contributed by atoms with Gasteiger partial charge in [0.2, 0.25) is 11.8 Å². The number of nitrogens with one attached hydrogen (secondary N) is 2. The van der Waals surface area contributed by atoms with Crippen molar-refractivity contribution in [3.05, 3.63) is 47.5 Å². The van der Waals surface area contributed by atoms with Crippen LogP contribution in [0, 0.1) is 0 Å². The van der Waals surface area contributed by atoms with Crippen molar-refractivity contribution in [2.45, 2.75) is 6.42 Å². The van der Waals surface area contributed by atoms with Gasteiger partial charge in [-0.1, -0.05) is 12.1 Å². The normalized spacial score (nSPS) is 11.6. The topological polar surface area (TPSA) is 58.2 Å². The molecule has 0 heterocycles. The lowest BCUT2D eigenvalue weighted by molar-refractivity contribution is -0.114. The summed E-state index contributed by atoms with van der Waals surface area (Å²) in [5.41, 5.74) is 6.01. The van der Waals surface area contributed by atoms with Crippen molar-refractivity contribution in [1.82, 2.24) is 0 Å². The number of hydrogen-bond donors (Lipinski definition) is 2. The zero-order valence-electron chi connectivity index (χ0n) is 12.2. The summed E-state index contributed by atoms with van der Waals surface area (Å²) in [7, 11) is 0. The molecule has 0 aliphatic heterocycles. The highest BCUT2D eigenvalue weighted by molar-refractivity contribution is 6.29. The smallest absolute Gasteiger partial charge is 0.239 e. The first kappa shape index (κ1) is 15.8. The first-order valence-electron chi connectivity index (χ1n) is 7.08. The lowest BCUT2D eigenvalue weighted by Crippen LogP contribution is -2.12. The SMILES string of the molecule is O=C(CCl)Nc1ccc2c(c1)Cc1cc(NC(=O)CCl)ccc1-2. The van der Waals surface area contributed by atoms with Gasteiger partial charge >= 0.3 is 0 Å². The molecule has 0 spiro atoms. The van der Waals surface area contributed by atoms with Gasteiger partial charge < -0.3 is 10.6 Å². The second-order valence-electron chi connectivity index (χ2n) is 5.28. The molecule has 1 aliphatic rings. The number of halogens is 2. The van der Waals surface area contributed by atoms with Gasteiger partial charge in [0, 0.05) is 11.4 Å². The summed E-state index contributed by atoms with van der Waals surface area (Å²) < 4.78 is 0. The van der Waals surface area contributed by atoms with Gasteiger partial charge in [0.25, 0.3) is 0 Å². The minimum atomic E-state index is -0.229. The highest BCUT2D eigenvalue weighted by Crippen LogP contribution is 2.39. The van der Waals surface area contributed by atoms with Gasteiger partial charge in [-0.25, -0.2) is 0 Å². The second kappa shape index (κ2) is 6.60. The molecule has 3 rings (SSSR count). The third-order valence-electron chi connectivity index (χ3n) is 3.69. The summed E-state index contributed by atoms with van der Waals surface area (Å²) in [6.07, 6.45) is 0.750. The van der Waals surface area contributed by atoms with Gasteiger partial charge in [-0.2, -0.15) is 0 Å². The predicted molar refractivity (Wildman–Crippen MR) is 93.4 cm³/mol. The highest BCUT2D eigenvalue weighted by atomic mass is 35.5. The fourth-order valence-corrected chi connectivity index (χ4v) is 2.89. The number of hydrogen-bond acceptors (Lipinski definition) is 2. The largest absolute Gasteiger partial charge is 0.325 e. The van der Waals surface area contributed by atoms with E-state index in [2.05, 4.69) is 10.6 Å². The first-order chi connectivity index (χ1) is 11.1. The van der Waals surface area contributed by atoms with Crippen LogP contribution < -0.4 is 10.6 Å². The number of fused-ring (bicyclic) bond motifs is 3. The molecule has 1 aliphatic carbocycles. The maximum atomic E-state index is 11.4. The summed E-state index contributed by atoms with van der Waals surface area (Å²) in [4.78, 5) is 22.8. The van der Waals surface area contributed by atoms with Crippen molar-refractivity contribution in [2.75, 3.05) is 22.4 Å². The van der Waals surface area contributed by atoms with Crippen LogP contribution >= 0.6 is 23.2 Å². The fourth-order valence-electron chi connectivity index (χ4n) is 2.75. The van der Waals surface area contributed by atoms with Crippen LogP contribution in [0.3, 0.4) is 0 Å². The van der Waals surface area contributed by atoms with Crippen molar-refractivity contribution in [3.8, 4) is 11.1 Å². The van der Waals surface area contributed by atoms with E-state index in [1.54, 1.807) is 0 Å². The number of benzene rings is 2. The van der Waals surface area contributed by atoms with Gasteiger partial charge in [-0.15, -0.1) is 23.2 Å². The molecule has 0 aromatic heterocycles. The molecule has 0 saturated heterocycles. The van der Waals surface area contributed by atoms with E-state index >= 15 is 0 Å². The van der Waals surface area contributed by atoms with Crippen molar-refractivity contribution in [3.63, 3.8) is 0 Å². The van der Waals surface area contributed by atoms with Gasteiger partial charge in [-0.05, 0) is 52.9 Å². The Hall–Kier alpha value is -2.04. The van der Waals surface area contributed by atoms with Crippen LogP contribution in [0.4, 0.5) is 11.4 Å². The van der Waals surface area contributed by atoms with Gasteiger partial charge in [0.15, 0.2) is 0 Å². The molecule has 0 saturated carbocycles. The maximum Gasteiger partial charge on any atom is 0.239 e. The Morgan fingerprint density at radius 3 is 1.65 bits per heavy atom. The predicted octanol–water partition coefficient (Wildman–Crippen LogP) is 3.61. The Labute approximate surface area is 143 Å². The molecule has 2 N–H and O–H groups in total. The van der Waals surface area contributed by atoms with E-state index in [-0.39, 0.29) is 23.6 Å². The molecular weight excluding hydrogens is 335 g/mol. The summed E-state index contributed by atoms with van der Waals surface area (Å²) in [6, 6.07) is 11.6. The number of carbonyl (C=O) groups is 2. The van der Waals surface area contributed by atoms with E-state index in [0.717, 1.165) is 40.0 Å². The van der Waals surface area contributed by atoms with Crippen molar-refractivity contribution in [1.29, 1.82) is 0 Å². The monoisotopic (exact) mass is 348 g/mol. The lowest BCUT2D eigenvalue weighted by Gasteiger charge is -2.07. The van der Waals surface area contributed by atoms with E-state index in [4.69, 9.17) is 23.2 Å². The molecule has 0 bridgehead atoms. The summed E-state index contributed by atoms with van der Waals surface area (Å²) >= 11 is 11.0. The van der Waals surface area contributed by atoms with Gasteiger partial charge in [0.05, 0.1) is 0 Å². The number of rotatable bonds is 4. The third-order valence-corrected chi connectivity index (χ3v) is 4.18. The highest BCUT2D eigenvalue weighted by Gasteiger charge is 2.19. The Morgan fingerprint density at radius 2 is 1.26 bits per heavy atom. The van der Waals surface area contributed by atoms with E-state index in [0.29, 0.717) is 0 Å². The number of carbonyl (C=O) groups excluding carboxylic acids is 2. The molecule has 118 valence electrons. The molecule has 2 amide bonds. The van der Waals surface area contributed by atoms with Crippen LogP contribution in [-0.2, 0) is 16.0 Å². The average molecular weight is 349 g/mol. The van der Waals surface area contributed by atoms with Crippen LogP contribution in [0.2, 0.25) is 0 Å². The molecular formula is C17H14Cl2N2O2. The number of anilines is 2. The van der Waals surface area contributed by atoms with Crippen molar-refractivity contribution < 1.29 is 9.59 Å². The molecule has 4 nitrogen and oxygen atoms in total. The zero-order chi connectivity index (χ0) is 16.4. The van der Waals surface area contributed by atoms with E-state index in [1.165, 1.54) is 0 Å². The van der Waals surface area contributed by atoms with Crippen LogP contribution in [0.15, 0.2) is 36.4 Å². The van der Waals surface area contributed by atoms with Crippen LogP contribution in [0.1, 0.15) is 11.1 Å². The summed E-state index contributed by atoms with van der Waals surface area (Å²) in [5.74, 6) is -0.594.